The molecule has 18 heavy (non-hydrogen) atoms. The lowest BCUT2D eigenvalue weighted by atomic mass is 9.84. The van der Waals surface area contributed by atoms with Crippen LogP contribution < -0.4 is 5.73 Å². The Bertz CT molecular complexity index is 219. The number of nitrogens with two attached hydrogens (primary N) is 1. The van der Waals surface area contributed by atoms with Gasteiger partial charge in [0.15, 0.2) is 0 Å². The average Bonchev–Trinajstić information content (AvgIpc) is 2.78. The predicted molar refractivity (Wildman–Crippen MR) is 77.7 cm³/mol. The van der Waals surface area contributed by atoms with E-state index < -0.39 is 0 Å². The van der Waals surface area contributed by atoms with Crippen molar-refractivity contribution >= 4 is 0 Å². The van der Waals surface area contributed by atoms with Crippen molar-refractivity contribution in [3.05, 3.63) is 0 Å². The Kier molecular flexibility index (Phi) is 6.61. The zero-order chi connectivity index (χ0) is 13.6. The summed E-state index contributed by atoms with van der Waals surface area (Å²) in [6, 6.07) is 0. The van der Waals surface area contributed by atoms with Crippen LogP contribution in [0.1, 0.15) is 47.0 Å². The Morgan fingerprint density at radius 2 is 2.11 bits per heavy atom. The van der Waals surface area contributed by atoms with Gasteiger partial charge in [0.05, 0.1) is 6.10 Å². The van der Waals surface area contributed by atoms with Gasteiger partial charge >= 0.3 is 0 Å². The van der Waals surface area contributed by atoms with Gasteiger partial charge in [-0.1, -0.05) is 27.7 Å². The number of nitrogens with zero attached hydrogens (tertiary/aromatic N) is 1. The van der Waals surface area contributed by atoms with Crippen LogP contribution in [-0.2, 0) is 4.74 Å². The van der Waals surface area contributed by atoms with Crippen LogP contribution in [0.25, 0.3) is 0 Å². The quantitative estimate of drug-likeness (QED) is 0.760. The highest BCUT2D eigenvalue weighted by molar-refractivity contribution is 4.76. The molecule has 2 unspecified atom stereocenters. The molecule has 0 amide bonds. The first kappa shape index (κ1) is 15.9. The van der Waals surface area contributed by atoms with E-state index in [0.717, 1.165) is 32.8 Å². The molecule has 0 saturated carbocycles. The minimum absolute atomic E-state index is 0.368. The van der Waals surface area contributed by atoms with Crippen molar-refractivity contribution in [2.24, 2.45) is 17.1 Å². The molecule has 0 radical (unpaired) electrons. The highest BCUT2D eigenvalue weighted by Gasteiger charge is 2.23. The van der Waals surface area contributed by atoms with Crippen molar-refractivity contribution < 1.29 is 4.74 Å². The molecule has 3 heteroatoms. The van der Waals surface area contributed by atoms with Gasteiger partial charge in [0.1, 0.15) is 0 Å². The summed E-state index contributed by atoms with van der Waals surface area (Å²) in [5.41, 5.74) is 6.30. The summed E-state index contributed by atoms with van der Waals surface area (Å²) >= 11 is 0. The topological polar surface area (TPSA) is 38.5 Å². The minimum atomic E-state index is 0.368. The van der Waals surface area contributed by atoms with Crippen molar-refractivity contribution in [1.82, 2.24) is 4.90 Å². The Morgan fingerprint density at radius 3 is 2.56 bits per heavy atom. The molecular weight excluding hydrogens is 224 g/mol. The van der Waals surface area contributed by atoms with Gasteiger partial charge in [-0.3, -0.25) is 0 Å². The second-order valence-electron chi connectivity index (χ2n) is 6.85. The molecule has 1 aliphatic heterocycles. The molecule has 3 nitrogen and oxygen atoms in total. The average molecular weight is 256 g/mol. The molecule has 1 heterocycles. The van der Waals surface area contributed by atoms with E-state index in [1.54, 1.807) is 0 Å². The third kappa shape index (κ3) is 6.17. The Hall–Kier alpha value is -0.120. The van der Waals surface area contributed by atoms with E-state index in [4.69, 9.17) is 10.5 Å². The number of likely N-dealkylation sites (N-methyl/N-ethyl adjacent to an activating group) is 1. The molecule has 0 aromatic carbocycles. The van der Waals surface area contributed by atoms with Gasteiger partial charge in [-0.25, -0.2) is 0 Å². The monoisotopic (exact) mass is 256 g/mol. The third-order valence-electron chi connectivity index (χ3n) is 3.68. The summed E-state index contributed by atoms with van der Waals surface area (Å²) in [5.74, 6) is 0.603. The van der Waals surface area contributed by atoms with Crippen molar-refractivity contribution in [3.63, 3.8) is 0 Å². The molecule has 1 aliphatic rings. The smallest absolute Gasteiger partial charge is 0.0702 e. The fourth-order valence-corrected chi connectivity index (χ4v) is 2.86. The Labute approximate surface area is 113 Å². The van der Waals surface area contributed by atoms with E-state index in [-0.39, 0.29) is 0 Å². The zero-order valence-corrected chi connectivity index (χ0v) is 12.7. The van der Waals surface area contributed by atoms with Crippen molar-refractivity contribution in [3.8, 4) is 0 Å². The van der Waals surface area contributed by atoms with Gasteiger partial charge in [0, 0.05) is 19.7 Å². The standard InChI is InChI=1S/C15H32N2O/c1-5-17(12-14-7-6-8-18-14)11-13(10-16)9-15(2,3)4/h13-14H,5-12,16H2,1-4H3. The van der Waals surface area contributed by atoms with Gasteiger partial charge in [-0.05, 0) is 43.7 Å². The third-order valence-corrected chi connectivity index (χ3v) is 3.68. The molecule has 108 valence electrons. The second-order valence-corrected chi connectivity index (χ2v) is 6.85. The number of ether oxygens (including phenoxy) is 1. The molecule has 0 bridgehead atoms. The van der Waals surface area contributed by atoms with Crippen LogP contribution in [-0.4, -0.2) is 43.8 Å². The van der Waals surface area contributed by atoms with E-state index in [9.17, 15) is 0 Å². The van der Waals surface area contributed by atoms with Crippen LogP contribution in [0.15, 0.2) is 0 Å². The predicted octanol–water partition coefficient (Wildman–Crippen LogP) is 2.50. The molecular formula is C15H32N2O. The SMILES string of the molecule is CCN(CC(CN)CC(C)(C)C)CC1CCCO1. The lowest BCUT2D eigenvalue weighted by molar-refractivity contribution is 0.0670. The summed E-state index contributed by atoms with van der Waals surface area (Å²) in [6.07, 6.45) is 4.11. The van der Waals surface area contributed by atoms with Gasteiger partial charge in [-0.2, -0.15) is 0 Å². The van der Waals surface area contributed by atoms with Crippen molar-refractivity contribution in [2.75, 3.05) is 32.8 Å². The Balaban J connectivity index is 2.38. The van der Waals surface area contributed by atoms with Gasteiger partial charge in [0.25, 0.3) is 0 Å². The Morgan fingerprint density at radius 1 is 1.39 bits per heavy atom. The number of hydrogen-bond donors (Lipinski definition) is 1. The van der Waals surface area contributed by atoms with Gasteiger partial charge < -0.3 is 15.4 Å². The van der Waals surface area contributed by atoms with E-state index in [2.05, 4.69) is 32.6 Å². The lowest BCUT2D eigenvalue weighted by Crippen LogP contribution is -2.39. The van der Waals surface area contributed by atoms with E-state index in [1.807, 2.05) is 0 Å². The minimum Gasteiger partial charge on any atom is -0.377 e. The first-order chi connectivity index (χ1) is 8.44. The van der Waals surface area contributed by atoms with Crippen LogP contribution in [0.2, 0.25) is 0 Å². The summed E-state index contributed by atoms with van der Waals surface area (Å²) in [7, 11) is 0. The van der Waals surface area contributed by atoms with Crippen LogP contribution >= 0.6 is 0 Å². The molecule has 0 aromatic rings. The molecule has 0 aromatic heterocycles. The molecule has 1 saturated heterocycles. The lowest BCUT2D eigenvalue weighted by Gasteiger charge is -2.31. The first-order valence-corrected chi connectivity index (χ1v) is 7.48. The van der Waals surface area contributed by atoms with E-state index in [0.29, 0.717) is 17.4 Å². The summed E-state index contributed by atoms with van der Waals surface area (Å²) in [5, 5.41) is 0. The van der Waals surface area contributed by atoms with Gasteiger partial charge in [-0.15, -0.1) is 0 Å². The largest absolute Gasteiger partial charge is 0.377 e. The van der Waals surface area contributed by atoms with Crippen molar-refractivity contribution in [1.29, 1.82) is 0 Å². The van der Waals surface area contributed by atoms with E-state index in [1.165, 1.54) is 19.3 Å². The maximum absolute atomic E-state index is 5.93. The number of hydrogen-bond acceptors (Lipinski definition) is 3. The second kappa shape index (κ2) is 7.46. The molecule has 0 aliphatic carbocycles. The van der Waals surface area contributed by atoms with Crippen LogP contribution in [0.4, 0.5) is 0 Å². The van der Waals surface area contributed by atoms with E-state index >= 15 is 0 Å². The van der Waals surface area contributed by atoms with Crippen LogP contribution in [0.5, 0.6) is 0 Å². The molecule has 1 rings (SSSR count). The van der Waals surface area contributed by atoms with Crippen LogP contribution in [0.3, 0.4) is 0 Å². The summed E-state index contributed by atoms with van der Waals surface area (Å²) in [6.45, 7) is 14.2. The maximum atomic E-state index is 5.93. The summed E-state index contributed by atoms with van der Waals surface area (Å²) in [4.78, 5) is 2.51. The molecule has 2 atom stereocenters. The fraction of sp³-hybridized carbons (Fsp3) is 1.00. The molecule has 0 spiro atoms. The highest BCUT2D eigenvalue weighted by atomic mass is 16.5. The summed E-state index contributed by atoms with van der Waals surface area (Å²) < 4.78 is 5.73. The highest BCUT2D eigenvalue weighted by Crippen LogP contribution is 2.25. The van der Waals surface area contributed by atoms with Crippen LogP contribution in [0, 0.1) is 11.3 Å². The first-order valence-electron chi connectivity index (χ1n) is 7.48. The van der Waals surface area contributed by atoms with Crippen molar-refractivity contribution in [2.45, 2.75) is 53.1 Å². The normalized spacial score (nSPS) is 22.7. The fourth-order valence-electron chi connectivity index (χ4n) is 2.86. The maximum Gasteiger partial charge on any atom is 0.0702 e. The zero-order valence-electron chi connectivity index (χ0n) is 12.7. The van der Waals surface area contributed by atoms with Gasteiger partial charge in [0.2, 0.25) is 0 Å². The molecule has 2 N–H and O–H groups in total. The number of rotatable bonds is 7. The molecule has 1 fully saturated rings.